The van der Waals surface area contributed by atoms with Gasteiger partial charge in [0.05, 0.1) is 11.6 Å². The molecule has 1 unspecified atom stereocenters. The fourth-order valence-electron chi connectivity index (χ4n) is 2.02. The van der Waals surface area contributed by atoms with E-state index < -0.39 is 0 Å². The van der Waals surface area contributed by atoms with Gasteiger partial charge in [-0.05, 0) is 33.4 Å². The number of nitrogens with one attached hydrogen (secondary N) is 1. The molecule has 0 amide bonds. The van der Waals surface area contributed by atoms with Gasteiger partial charge in [0.2, 0.25) is 0 Å². The van der Waals surface area contributed by atoms with Crippen molar-refractivity contribution in [3.05, 3.63) is 35.9 Å². The summed E-state index contributed by atoms with van der Waals surface area (Å²) in [7, 11) is 1.97. The summed E-state index contributed by atoms with van der Waals surface area (Å²) in [5, 5.41) is 3.32. The highest BCUT2D eigenvalue weighted by molar-refractivity contribution is 5.21. The predicted molar refractivity (Wildman–Crippen MR) is 63.9 cm³/mol. The van der Waals surface area contributed by atoms with E-state index in [4.69, 9.17) is 4.74 Å². The average molecular weight is 207 g/mol. The van der Waals surface area contributed by atoms with E-state index in [9.17, 15) is 0 Å². The fourth-order valence-corrected chi connectivity index (χ4v) is 2.02. The molecule has 0 saturated carbocycles. The maximum atomic E-state index is 5.77. The van der Waals surface area contributed by atoms with Gasteiger partial charge in [0.15, 0.2) is 0 Å². The minimum Gasteiger partial charge on any atom is -0.374 e. The molecule has 0 spiro atoms. The van der Waals surface area contributed by atoms with Gasteiger partial charge in [0, 0.05) is 6.61 Å². The van der Waals surface area contributed by atoms with Crippen molar-refractivity contribution in [3.63, 3.8) is 0 Å². The molecule has 0 radical (unpaired) electrons. The maximum Gasteiger partial charge on any atom is 0.0820 e. The summed E-state index contributed by atoms with van der Waals surface area (Å²) in [6.07, 6.45) is 0. The van der Waals surface area contributed by atoms with Gasteiger partial charge in [-0.2, -0.15) is 0 Å². The SMILES string of the molecule is CCOC(C)(C)C(NC)c1ccccc1. The van der Waals surface area contributed by atoms with E-state index in [1.54, 1.807) is 0 Å². The van der Waals surface area contributed by atoms with Gasteiger partial charge in [-0.3, -0.25) is 0 Å². The lowest BCUT2D eigenvalue weighted by Crippen LogP contribution is -2.40. The third-order valence-electron chi connectivity index (χ3n) is 2.63. The van der Waals surface area contributed by atoms with Crippen LogP contribution < -0.4 is 5.32 Å². The molecule has 1 N–H and O–H groups in total. The second-order valence-electron chi connectivity index (χ2n) is 4.17. The van der Waals surface area contributed by atoms with Gasteiger partial charge >= 0.3 is 0 Å². The van der Waals surface area contributed by atoms with Crippen molar-refractivity contribution in [2.45, 2.75) is 32.4 Å². The highest BCUT2D eigenvalue weighted by Gasteiger charge is 2.29. The first-order valence-electron chi connectivity index (χ1n) is 5.48. The lowest BCUT2D eigenvalue weighted by atomic mass is 9.92. The molecule has 0 aliphatic rings. The van der Waals surface area contributed by atoms with Crippen LogP contribution >= 0.6 is 0 Å². The second-order valence-corrected chi connectivity index (χ2v) is 4.17. The molecule has 1 aromatic carbocycles. The van der Waals surface area contributed by atoms with Gasteiger partial charge < -0.3 is 10.1 Å². The fraction of sp³-hybridized carbons (Fsp3) is 0.538. The van der Waals surface area contributed by atoms with Gasteiger partial charge in [-0.15, -0.1) is 0 Å². The molecule has 1 aromatic rings. The summed E-state index contributed by atoms with van der Waals surface area (Å²) >= 11 is 0. The van der Waals surface area contributed by atoms with E-state index in [1.807, 2.05) is 20.0 Å². The van der Waals surface area contributed by atoms with Crippen LogP contribution in [0.15, 0.2) is 30.3 Å². The lowest BCUT2D eigenvalue weighted by Gasteiger charge is -2.34. The predicted octanol–water partition coefficient (Wildman–Crippen LogP) is 2.76. The van der Waals surface area contributed by atoms with Crippen LogP contribution in [0.3, 0.4) is 0 Å². The highest BCUT2D eigenvalue weighted by Crippen LogP contribution is 2.28. The van der Waals surface area contributed by atoms with Crippen LogP contribution in [-0.4, -0.2) is 19.3 Å². The molecule has 0 aromatic heterocycles. The van der Waals surface area contributed by atoms with Gasteiger partial charge in [-0.25, -0.2) is 0 Å². The molecule has 0 aliphatic heterocycles. The lowest BCUT2D eigenvalue weighted by molar-refractivity contribution is -0.0374. The molecule has 2 heteroatoms. The quantitative estimate of drug-likeness (QED) is 0.801. The van der Waals surface area contributed by atoms with E-state index in [0.717, 1.165) is 6.61 Å². The largest absolute Gasteiger partial charge is 0.374 e. The molecule has 0 saturated heterocycles. The van der Waals surface area contributed by atoms with Crippen LogP contribution in [0.2, 0.25) is 0 Å². The number of hydrogen-bond acceptors (Lipinski definition) is 2. The van der Waals surface area contributed by atoms with E-state index in [-0.39, 0.29) is 11.6 Å². The molecule has 84 valence electrons. The summed E-state index contributed by atoms with van der Waals surface area (Å²) in [4.78, 5) is 0. The van der Waals surface area contributed by atoms with Crippen molar-refractivity contribution in [2.24, 2.45) is 0 Å². The molecule has 1 atom stereocenters. The number of likely N-dealkylation sites (N-methyl/N-ethyl adjacent to an activating group) is 1. The smallest absolute Gasteiger partial charge is 0.0820 e. The Balaban J connectivity index is 2.89. The molecule has 0 heterocycles. The molecular formula is C13H21NO. The Bertz CT molecular complexity index is 282. The maximum absolute atomic E-state index is 5.77. The summed E-state index contributed by atoms with van der Waals surface area (Å²) in [5.74, 6) is 0. The Hall–Kier alpha value is -0.860. The summed E-state index contributed by atoms with van der Waals surface area (Å²) in [6.45, 7) is 6.99. The van der Waals surface area contributed by atoms with Gasteiger partial charge in [-0.1, -0.05) is 30.3 Å². The molecule has 1 rings (SSSR count). The van der Waals surface area contributed by atoms with Crippen LogP contribution in [0.5, 0.6) is 0 Å². The Morgan fingerprint density at radius 3 is 2.33 bits per heavy atom. The summed E-state index contributed by atoms with van der Waals surface area (Å²) in [6, 6.07) is 10.6. The van der Waals surface area contributed by atoms with Crippen LogP contribution in [0, 0.1) is 0 Å². The third kappa shape index (κ3) is 3.05. The zero-order valence-corrected chi connectivity index (χ0v) is 10.1. The average Bonchev–Trinajstić information content (AvgIpc) is 2.19. The standard InChI is InChI=1S/C13H21NO/c1-5-15-13(2,3)12(14-4)11-9-7-6-8-10-11/h6-10,12,14H,5H2,1-4H3. The van der Waals surface area contributed by atoms with Crippen molar-refractivity contribution in [3.8, 4) is 0 Å². The Morgan fingerprint density at radius 1 is 1.27 bits per heavy atom. The summed E-state index contributed by atoms with van der Waals surface area (Å²) < 4.78 is 5.77. The van der Waals surface area contributed by atoms with Gasteiger partial charge in [0.25, 0.3) is 0 Å². The minimum atomic E-state index is -0.190. The van der Waals surface area contributed by atoms with Crippen LogP contribution in [0.4, 0.5) is 0 Å². The van der Waals surface area contributed by atoms with Gasteiger partial charge in [0.1, 0.15) is 0 Å². The third-order valence-corrected chi connectivity index (χ3v) is 2.63. The van der Waals surface area contributed by atoms with Crippen molar-refractivity contribution in [1.29, 1.82) is 0 Å². The van der Waals surface area contributed by atoms with Crippen LogP contribution in [-0.2, 0) is 4.74 Å². The Kier molecular flexibility index (Phi) is 4.30. The Morgan fingerprint density at radius 2 is 1.87 bits per heavy atom. The normalized spacial score (nSPS) is 13.9. The number of benzene rings is 1. The van der Waals surface area contributed by atoms with Crippen LogP contribution in [0.1, 0.15) is 32.4 Å². The van der Waals surface area contributed by atoms with E-state index in [2.05, 4.69) is 43.4 Å². The van der Waals surface area contributed by atoms with Crippen LogP contribution in [0.25, 0.3) is 0 Å². The number of ether oxygens (including phenoxy) is 1. The van der Waals surface area contributed by atoms with Crippen molar-refractivity contribution >= 4 is 0 Å². The monoisotopic (exact) mass is 207 g/mol. The molecule has 0 fully saturated rings. The first-order valence-corrected chi connectivity index (χ1v) is 5.48. The molecule has 2 nitrogen and oxygen atoms in total. The first-order chi connectivity index (χ1) is 7.11. The zero-order chi connectivity index (χ0) is 11.3. The van der Waals surface area contributed by atoms with Crippen molar-refractivity contribution in [2.75, 3.05) is 13.7 Å². The summed E-state index contributed by atoms with van der Waals surface area (Å²) in [5.41, 5.74) is 1.07. The number of hydrogen-bond donors (Lipinski definition) is 1. The van der Waals surface area contributed by atoms with E-state index in [0.29, 0.717) is 0 Å². The molecule has 0 bridgehead atoms. The molecule has 0 aliphatic carbocycles. The first kappa shape index (κ1) is 12.2. The van der Waals surface area contributed by atoms with Crippen molar-refractivity contribution < 1.29 is 4.74 Å². The Labute approximate surface area is 92.6 Å². The van der Waals surface area contributed by atoms with Crippen molar-refractivity contribution in [1.82, 2.24) is 5.32 Å². The second kappa shape index (κ2) is 5.29. The van der Waals surface area contributed by atoms with E-state index in [1.165, 1.54) is 5.56 Å². The van der Waals surface area contributed by atoms with E-state index >= 15 is 0 Å². The highest BCUT2D eigenvalue weighted by atomic mass is 16.5. The zero-order valence-electron chi connectivity index (χ0n) is 10.1. The molecule has 15 heavy (non-hydrogen) atoms. The molecular weight excluding hydrogens is 186 g/mol. The topological polar surface area (TPSA) is 21.3 Å². The number of rotatable bonds is 5. The minimum absolute atomic E-state index is 0.190.